The number of carbonyl (C=O) groups is 2. The molecule has 3 aromatic carbocycles. The van der Waals surface area contributed by atoms with Crippen molar-refractivity contribution in [3.05, 3.63) is 129 Å². The highest BCUT2D eigenvalue weighted by atomic mass is 35.5. The zero-order chi connectivity index (χ0) is 28.0. The first kappa shape index (κ1) is 26.5. The Kier molecular flexibility index (Phi) is 6.89. The van der Waals surface area contributed by atoms with E-state index in [1.807, 2.05) is 66.0 Å². The number of nitrogens with zero attached hydrogens (tertiary/aromatic N) is 1. The van der Waals surface area contributed by atoms with Crippen LogP contribution in [0.1, 0.15) is 65.5 Å². The van der Waals surface area contributed by atoms with Crippen LogP contribution in [-0.4, -0.2) is 11.7 Å². The van der Waals surface area contributed by atoms with Gasteiger partial charge in [-0.2, -0.15) is 0 Å². The Morgan fingerprint density at radius 2 is 1.68 bits per heavy atom. The number of Topliss-reactive ketones (excluding diaryl/α,β-unsaturated/α-hetero) is 1. The lowest BCUT2D eigenvalue weighted by atomic mass is 9.75. The number of ketones is 1. The first-order valence-electron chi connectivity index (χ1n) is 13.5. The standard InChI is InChI=1S/C34H31ClN2O2S/c1-34(2,3)23-16-14-21(15-17-23)22-19-27-31(29(38)20-22)32(24-9-4-5-10-25(24)35)37(33(39)30-13-8-18-40-30)28-12-7-6-11-26(28)36-27/h4-19,22,31-32,36H,20H2,1-3H3/t22-,31-,32-/m1/s1. The molecule has 0 fully saturated rings. The van der Waals surface area contributed by atoms with E-state index < -0.39 is 12.0 Å². The lowest BCUT2D eigenvalue weighted by Gasteiger charge is -2.38. The SMILES string of the molecule is CC(C)(C)c1ccc([C@@H]2C=C3Nc4ccccc4N(C(=O)c4cccs4)[C@H](c4ccccc4Cl)[C@H]3C(=O)C2)cc1. The smallest absolute Gasteiger partial charge is 0.269 e. The molecular weight excluding hydrogens is 536 g/mol. The van der Waals surface area contributed by atoms with Crippen molar-refractivity contribution in [3.8, 4) is 0 Å². The van der Waals surface area contributed by atoms with Gasteiger partial charge in [-0.15, -0.1) is 11.3 Å². The number of fused-ring (bicyclic) bond motifs is 2. The van der Waals surface area contributed by atoms with Gasteiger partial charge in [0.25, 0.3) is 5.91 Å². The predicted octanol–water partition coefficient (Wildman–Crippen LogP) is 8.77. The number of rotatable bonds is 3. The van der Waals surface area contributed by atoms with Crippen LogP contribution in [-0.2, 0) is 10.2 Å². The molecule has 0 saturated carbocycles. The summed E-state index contributed by atoms with van der Waals surface area (Å²) in [6.45, 7) is 6.59. The summed E-state index contributed by atoms with van der Waals surface area (Å²) in [5.41, 5.74) is 5.48. The second-order valence-electron chi connectivity index (χ2n) is 11.5. The number of carbonyl (C=O) groups excluding carboxylic acids is 2. The normalized spacial score (nSPS) is 20.6. The van der Waals surface area contributed by atoms with Gasteiger partial charge in [-0.1, -0.05) is 99.1 Å². The van der Waals surface area contributed by atoms with Crippen molar-refractivity contribution in [2.75, 3.05) is 10.2 Å². The zero-order valence-corrected chi connectivity index (χ0v) is 24.3. The number of thiophene rings is 1. The number of anilines is 2. The molecule has 4 nitrogen and oxygen atoms in total. The third kappa shape index (κ3) is 4.78. The van der Waals surface area contributed by atoms with Crippen LogP contribution in [0.3, 0.4) is 0 Å². The van der Waals surface area contributed by atoms with Gasteiger partial charge in [0.1, 0.15) is 5.78 Å². The number of benzene rings is 3. The van der Waals surface area contributed by atoms with Crippen LogP contribution in [0.2, 0.25) is 5.02 Å². The summed E-state index contributed by atoms with van der Waals surface area (Å²) in [7, 11) is 0. The first-order valence-corrected chi connectivity index (χ1v) is 14.8. The second kappa shape index (κ2) is 10.4. The van der Waals surface area contributed by atoms with Crippen LogP contribution in [0.4, 0.5) is 11.4 Å². The minimum atomic E-state index is -0.609. The Labute approximate surface area is 244 Å². The van der Waals surface area contributed by atoms with Crippen LogP contribution in [0.25, 0.3) is 0 Å². The van der Waals surface area contributed by atoms with E-state index in [4.69, 9.17) is 11.6 Å². The van der Waals surface area contributed by atoms with E-state index in [1.165, 1.54) is 16.9 Å². The summed E-state index contributed by atoms with van der Waals surface area (Å²) in [5, 5.41) is 6.01. The van der Waals surface area contributed by atoms with Gasteiger partial charge in [-0.05, 0) is 51.8 Å². The first-order chi connectivity index (χ1) is 19.2. The average Bonchev–Trinajstić information content (AvgIpc) is 3.43. The van der Waals surface area contributed by atoms with Crippen molar-refractivity contribution in [1.82, 2.24) is 0 Å². The highest BCUT2D eigenvalue weighted by Crippen LogP contribution is 2.49. The van der Waals surface area contributed by atoms with Crippen molar-refractivity contribution in [2.24, 2.45) is 5.92 Å². The molecule has 0 saturated heterocycles. The fourth-order valence-electron chi connectivity index (χ4n) is 5.84. The number of allylic oxidation sites excluding steroid dienone is 1. The Hall–Kier alpha value is -3.67. The van der Waals surface area contributed by atoms with Gasteiger partial charge < -0.3 is 5.32 Å². The number of para-hydroxylation sites is 2. The molecule has 3 atom stereocenters. The molecule has 1 amide bonds. The van der Waals surface area contributed by atoms with Gasteiger partial charge >= 0.3 is 0 Å². The Balaban J connectivity index is 1.52. The van der Waals surface area contributed by atoms with Gasteiger partial charge in [0, 0.05) is 23.1 Å². The van der Waals surface area contributed by atoms with Gasteiger partial charge in [-0.3, -0.25) is 14.5 Å². The van der Waals surface area contributed by atoms with E-state index >= 15 is 0 Å². The molecule has 40 heavy (non-hydrogen) atoms. The average molecular weight is 567 g/mol. The third-order valence-electron chi connectivity index (χ3n) is 7.90. The molecule has 1 aromatic heterocycles. The summed E-state index contributed by atoms with van der Waals surface area (Å²) >= 11 is 8.20. The van der Waals surface area contributed by atoms with Crippen LogP contribution < -0.4 is 10.2 Å². The number of hydrogen-bond acceptors (Lipinski definition) is 4. The molecule has 6 heteroatoms. The summed E-state index contributed by atoms with van der Waals surface area (Å²) in [6, 6.07) is 27.0. The van der Waals surface area contributed by atoms with Crippen molar-refractivity contribution in [3.63, 3.8) is 0 Å². The fraction of sp³-hybridized carbons (Fsp3) is 0.235. The molecule has 0 spiro atoms. The molecule has 1 aliphatic heterocycles. The third-order valence-corrected chi connectivity index (χ3v) is 9.10. The maximum atomic E-state index is 14.2. The summed E-state index contributed by atoms with van der Waals surface area (Å²) < 4.78 is 0. The number of hydrogen-bond donors (Lipinski definition) is 1. The summed E-state index contributed by atoms with van der Waals surface area (Å²) in [5.74, 6) is -0.736. The van der Waals surface area contributed by atoms with E-state index in [0.717, 1.165) is 28.2 Å². The molecular formula is C34H31ClN2O2S. The van der Waals surface area contributed by atoms with Gasteiger partial charge in [0.05, 0.1) is 28.2 Å². The van der Waals surface area contributed by atoms with Crippen LogP contribution in [0.5, 0.6) is 0 Å². The lowest BCUT2D eigenvalue weighted by Crippen LogP contribution is -2.42. The maximum Gasteiger partial charge on any atom is 0.269 e. The Bertz CT molecular complexity index is 1600. The topological polar surface area (TPSA) is 49.4 Å². The number of amides is 1. The van der Waals surface area contributed by atoms with E-state index in [9.17, 15) is 9.59 Å². The molecule has 1 N–H and O–H groups in total. The minimum Gasteiger partial charge on any atom is -0.357 e. The largest absolute Gasteiger partial charge is 0.357 e. The fourth-order valence-corrected chi connectivity index (χ4v) is 6.75. The Morgan fingerprint density at radius 1 is 0.950 bits per heavy atom. The molecule has 0 bridgehead atoms. The lowest BCUT2D eigenvalue weighted by molar-refractivity contribution is -0.123. The quantitative estimate of drug-likeness (QED) is 0.269. The molecule has 4 aromatic rings. The monoisotopic (exact) mass is 566 g/mol. The van der Waals surface area contributed by atoms with E-state index in [-0.39, 0.29) is 23.0 Å². The highest BCUT2D eigenvalue weighted by Gasteiger charge is 2.46. The van der Waals surface area contributed by atoms with Gasteiger partial charge in [-0.25, -0.2) is 0 Å². The van der Waals surface area contributed by atoms with Crippen LogP contribution in [0, 0.1) is 5.92 Å². The number of nitrogens with one attached hydrogen (secondary N) is 1. The van der Waals surface area contributed by atoms with E-state index in [2.05, 4.69) is 56.4 Å². The van der Waals surface area contributed by atoms with Crippen LogP contribution in [0.15, 0.2) is 102 Å². The predicted molar refractivity (Wildman–Crippen MR) is 164 cm³/mol. The molecule has 0 radical (unpaired) electrons. The van der Waals surface area contributed by atoms with Crippen molar-refractivity contribution >= 4 is 46.0 Å². The van der Waals surface area contributed by atoms with Gasteiger partial charge in [0.2, 0.25) is 0 Å². The molecule has 0 unspecified atom stereocenters. The molecule has 2 aliphatic rings. The highest BCUT2D eigenvalue weighted by molar-refractivity contribution is 7.12. The van der Waals surface area contributed by atoms with E-state index in [1.54, 1.807) is 4.90 Å². The molecule has 6 rings (SSSR count). The summed E-state index contributed by atoms with van der Waals surface area (Å²) in [4.78, 5) is 30.8. The van der Waals surface area contributed by atoms with Crippen molar-refractivity contribution in [1.29, 1.82) is 0 Å². The van der Waals surface area contributed by atoms with Crippen molar-refractivity contribution in [2.45, 2.75) is 44.6 Å². The second-order valence-corrected chi connectivity index (χ2v) is 12.9. The zero-order valence-electron chi connectivity index (χ0n) is 22.7. The molecule has 1 aliphatic carbocycles. The summed E-state index contributed by atoms with van der Waals surface area (Å²) in [6.07, 6.45) is 2.53. The van der Waals surface area contributed by atoms with Crippen LogP contribution >= 0.6 is 22.9 Å². The molecule has 2 heterocycles. The van der Waals surface area contributed by atoms with Gasteiger partial charge in [0.15, 0.2) is 0 Å². The van der Waals surface area contributed by atoms with Crippen molar-refractivity contribution < 1.29 is 9.59 Å². The van der Waals surface area contributed by atoms with E-state index in [0.29, 0.717) is 16.3 Å². The Morgan fingerprint density at radius 3 is 2.38 bits per heavy atom. The minimum absolute atomic E-state index is 0.0533. The molecule has 202 valence electrons. The number of halogens is 1. The maximum absolute atomic E-state index is 14.2.